The molecule has 3 N–H and O–H groups in total. The normalized spacial score (nSPS) is 14.4. The molecule has 0 saturated carbocycles. The molecule has 0 fully saturated rings. The van der Waals surface area contributed by atoms with E-state index in [-0.39, 0.29) is 5.92 Å². The average molecular weight is 282 g/mol. The second-order valence-corrected chi connectivity index (χ2v) is 5.72. The summed E-state index contributed by atoms with van der Waals surface area (Å²) in [6, 6.07) is 9.54. The van der Waals surface area contributed by atoms with Gasteiger partial charge >= 0.3 is 0 Å². The summed E-state index contributed by atoms with van der Waals surface area (Å²) in [6.07, 6.45) is -0.618. The third-order valence-electron chi connectivity index (χ3n) is 3.10. The van der Waals surface area contributed by atoms with Crippen LogP contribution in [0.4, 0.5) is 0 Å². The van der Waals surface area contributed by atoms with Gasteiger partial charge in [0, 0.05) is 22.4 Å². The Morgan fingerprint density at radius 1 is 1.39 bits per heavy atom. The molecule has 96 valence electrons. The number of benzene rings is 1. The molecular weight excluding hydrogens is 266 g/mol. The van der Waals surface area contributed by atoms with Crippen LogP contribution in [0.1, 0.15) is 28.0 Å². The third kappa shape index (κ3) is 2.75. The van der Waals surface area contributed by atoms with Crippen molar-refractivity contribution >= 4 is 22.9 Å². The number of hydrogen-bond donors (Lipinski definition) is 2. The summed E-state index contributed by atoms with van der Waals surface area (Å²) >= 11 is 7.61. The molecule has 1 aromatic carbocycles. The Balaban J connectivity index is 2.34. The monoisotopic (exact) mass is 281 g/mol. The van der Waals surface area contributed by atoms with Gasteiger partial charge in [-0.2, -0.15) is 0 Å². The van der Waals surface area contributed by atoms with E-state index in [1.165, 1.54) is 0 Å². The Bertz CT molecular complexity index is 513. The van der Waals surface area contributed by atoms with Gasteiger partial charge in [-0.3, -0.25) is 0 Å². The quantitative estimate of drug-likeness (QED) is 0.901. The van der Waals surface area contributed by atoms with Crippen molar-refractivity contribution in [3.8, 4) is 0 Å². The summed E-state index contributed by atoms with van der Waals surface area (Å²) in [4.78, 5) is 1.10. The summed E-state index contributed by atoms with van der Waals surface area (Å²) in [5.41, 5.74) is 7.69. The summed E-state index contributed by atoms with van der Waals surface area (Å²) in [6.45, 7) is 2.38. The van der Waals surface area contributed by atoms with Gasteiger partial charge in [0.2, 0.25) is 0 Å². The smallest absolute Gasteiger partial charge is 0.0881 e. The second kappa shape index (κ2) is 5.85. The van der Waals surface area contributed by atoms with Gasteiger partial charge in [0.1, 0.15) is 0 Å². The number of halogens is 1. The van der Waals surface area contributed by atoms with Crippen molar-refractivity contribution in [1.82, 2.24) is 0 Å². The van der Waals surface area contributed by atoms with E-state index in [0.717, 1.165) is 16.0 Å². The highest BCUT2D eigenvalue weighted by atomic mass is 35.5. The van der Waals surface area contributed by atoms with Crippen LogP contribution in [-0.4, -0.2) is 11.7 Å². The Labute approximate surface area is 116 Å². The van der Waals surface area contributed by atoms with Crippen LogP contribution in [0.25, 0.3) is 0 Å². The molecule has 0 aliphatic rings. The summed E-state index contributed by atoms with van der Waals surface area (Å²) in [5.74, 6) is -0.0813. The van der Waals surface area contributed by atoms with Crippen LogP contribution >= 0.6 is 22.9 Å². The molecule has 2 rings (SSSR count). The Kier molecular flexibility index (Phi) is 4.40. The van der Waals surface area contributed by atoms with Gasteiger partial charge in [-0.1, -0.05) is 23.7 Å². The molecule has 2 unspecified atom stereocenters. The highest BCUT2D eigenvalue weighted by molar-refractivity contribution is 7.10. The number of aliphatic hydroxyl groups excluding tert-OH is 1. The van der Waals surface area contributed by atoms with Crippen molar-refractivity contribution in [2.24, 2.45) is 5.73 Å². The van der Waals surface area contributed by atoms with Gasteiger partial charge in [0.05, 0.1) is 6.10 Å². The topological polar surface area (TPSA) is 46.2 Å². The summed E-state index contributed by atoms with van der Waals surface area (Å²) in [5, 5.41) is 13.2. The first kappa shape index (κ1) is 13.6. The minimum absolute atomic E-state index is 0.0813. The maximum atomic E-state index is 10.5. The van der Waals surface area contributed by atoms with E-state index in [0.29, 0.717) is 11.6 Å². The number of nitrogens with two attached hydrogens (primary N) is 1. The zero-order valence-corrected chi connectivity index (χ0v) is 11.7. The van der Waals surface area contributed by atoms with Crippen LogP contribution in [0.5, 0.6) is 0 Å². The fraction of sp³-hybridized carbons (Fsp3) is 0.286. The first-order chi connectivity index (χ1) is 8.63. The van der Waals surface area contributed by atoms with Crippen LogP contribution in [0.3, 0.4) is 0 Å². The fourth-order valence-electron chi connectivity index (χ4n) is 2.05. The van der Waals surface area contributed by atoms with Gasteiger partial charge in [-0.15, -0.1) is 11.3 Å². The first-order valence-electron chi connectivity index (χ1n) is 5.81. The SMILES string of the molecule is Cc1ccc(Cl)cc1C(O)C(CN)c1cccs1. The van der Waals surface area contributed by atoms with E-state index in [2.05, 4.69) is 0 Å². The van der Waals surface area contributed by atoms with E-state index in [1.807, 2.05) is 42.6 Å². The molecule has 0 aliphatic heterocycles. The summed E-state index contributed by atoms with van der Waals surface area (Å²) < 4.78 is 0. The molecule has 1 aromatic heterocycles. The van der Waals surface area contributed by atoms with Crippen molar-refractivity contribution in [1.29, 1.82) is 0 Å². The van der Waals surface area contributed by atoms with Crippen molar-refractivity contribution < 1.29 is 5.11 Å². The molecule has 0 bridgehead atoms. The number of aliphatic hydroxyl groups is 1. The molecular formula is C14H16ClNOS. The van der Waals surface area contributed by atoms with Crippen molar-refractivity contribution in [2.45, 2.75) is 18.9 Å². The molecule has 2 atom stereocenters. The van der Waals surface area contributed by atoms with Crippen molar-refractivity contribution in [3.05, 3.63) is 56.7 Å². The van der Waals surface area contributed by atoms with E-state index >= 15 is 0 Å². The number of aryl methyl sites for hydroxylation is 1. The highest BCUT2D eigenvalue weighted by Gasteiger charge is 2.23. The van der Waals surface area contributed by atoms with E-state index in [1.54, 1.807) is 11.3 Å². The lowest BCUT2D eigenvalue weighted by Gasteiger charge is -2.22. The fourth-order valence-corrected chi connectivity index (χ4v) is 3.10. The Hall–Kier alpha value is -0.870. The lowest BCUT2D eigenvalue weighted by atomic mass is 9.92. The molecule has 0 spiro atoms. The molecule has 0 aliphatic carbocycles. The zero-order valence-electron chi connectivity index (χ0n) is 10.1. The van der Waals surface area contributed by atoms with E-state index < -0.39 is 6.10 Å². The van der Waals surface area contributed by atoms with Gasteiger partial charge in [-0.25, -0.2) is 0 Å². The number of thiophene rings is 1. The van der Waals surface area contributed by atoms with Gasteiger partial charge in [0.25, 0.3) is 0 Å². The summed E-state index contributed by atoms with van der Waals surface area (Å²) in [7, 11) is 0. The van der Waals surface area contributed by atoms with Crippen LogP contribution in [-0.2, 0) is 0 Å². The van der Waals surface area contributed by atoms with Crippen molar-refractivity contribution in [3.63, 3.8) is 0 Å². The standard InChI is InChI=1S/C14H16ClNOS/c1-9-4-5-10(15)7-11(9)14(17)12(8-16)13-3-2-6-18-13/h2-7,12,14,17H,8,16H2,1H3. The number of hydrogen-bond acceptors (Lipinski definition) is 3. The Morgan fingerprint density at radius 3 is 2.78 bits per heavy atom. The molecule has 18 heavy (non-hydrogen) atoms. The molecule has 2 aromatic rings. The van der Waals surface area contributed by atoms with Gasteiger partial charge in [0.15, 0.2) is 0 Å². The second-order valence-electron chi connectivity index (χ2n) is 4.30. The van der Waals surface area contributed by atoms with Crippen molar-refractivity contribution in [2.75, 3.05) is 6.54 Å². The lowest BCUT2D eigenvalue weighted by molar-refractivity contribution is 0.148. The van der Waals surface area contributed by atoms with E-state index in [9.17, 15) is 5.11 Å². The first-order valence-corrected chi connectivity index (χ1v) is 7.07. The molecule has 0 radical (unpaired) electrons. The minimum Gasteiger partial charge on any atom is -0.388 e. The highest BCUT2D eigenvalue weighted by Crippen LogP contribution is 2.35. The van der Waals surface area contributed by atoms with Gasteiger partial charge < -0.3 is 10.8 Å². The number of rotatable bonds is 4. The zero-order chi connectivity index (χ0) is 13.1. The maximum absolute atomic E-state index is 10.5. The molecule has 1 heterocycles. The largest absolute Gasteiger partial charge is 0.388 e. The van der Waals surface area contributed by atoms with Crippen LogP contribution < -0.4 is 5.73 Å². The van der Waals surface area contributed by atoms with Gasteiger partial charge in [-0.05, 0) is 41.6 Å². The van der Waals surface area contributed by atoms with Crippen LogP contribution in [0.2, 0.25) is 5.02 Å². The molecule has 0 amide bonds. The minimum atomic E-state index is -0.618. The predicted molar refractivity (Wildman–Crippen MR) is 77.3 cm³/mol. The molecule has 4 heteroatoms. The third-order valence-corrected chi connectivity index (χ3v) is 4.34. The van der Waals surface area contributed by atoms with Crippen LogP contribution in [0.15, 0.2) is 35.7 Å². The maximum Gasteiger partial charge on any atom is 0.0881 e. The van der Waals surface area contributed by atoms with Crippen LogP contribution in [0, 0.1) is 6.92 Å². The lowest BCUT2D eigenvalue weighted by Crippen LogP contribution is -2.19. The van der Waals surface area contributed by atoms with E-state index in [4.69, 9.17) is 17.3 Å². The average Bonchev–Trinajstić information content (AvgIpc) is 2.87. The predicted octanol–water partition coefficient (Wildman–Crippen LogP) is 3.49. The Morgan fingerprint density at radius 2 is 2.17 bits per heavy atom. The molecule has 0 saturated heterocycles. The molecule has 2 nitrogen and oxygen atoms in total.